The van der Waals surface area contributed by atoms with Crippen LogP contribution in [0.1, 0.15) is 66.9 Å². The van der Waals surface area contributed by atoms with Crippen molar-refractivity contribution in [2.75, 3.05) is 13.2 Å². The lowest BCUT2D eigenvalue weighted by Crippen LogP contribution is -2.50. The summed E-state index contributed by atoms with van der Waals surface area (Å²) < 4.78 is 41.9. The Morgan fingerprint density at radius 1 is 1.32 bits per heavy atom. The number of carbonyl (C=O) groups is 1. The van der Waals surface area contributed by atoms with Crippen LogP contribution in [0.3, 0.4) is 0 Å². The molecule has 0 aromatic heterocycles. The molecule has 2 aliphatic rings. The Balaban J connectivity index is 1.84. The first kappa shape index (κ1) is 21.1. The van der Waals surface area contributed by atoms with E-state index < -0.39 is 24.4 Å². The van der Waals surface area contributed by atoms with Crippen LogP contribution in [-0.4, -0.2) is 41.2 Å². The van der Waals surface area contributed by atoms with Gasteiger partial charge in [0.15, 0.2) is 0 Å². The third kappa shape index (κ3) is 4.20. The van der Waals surface area contributed by atoms with Crippen molar-refractivity contribution < 1.29 is 32.9 Å². The van der Waals surface area contributed by atoms with Gasteiger partial charge in [-0.05, 0) is 79.5 Å². The summed E-state index contributed by atoms with van der Waals surface area (Å²) in [6.45, 7) is 0.436. The number of carboxylic acid groups (broad SMARTS) is 1. The SMILES string of the molecule is CC[C@@]12CC[C@](O)(COCC(F)(F)F)C[C@@H]1CCCc1cc(C(=O)O)ccc12. The first-order chi connectivity index (χ1) is 13.1. The number of benzene rings is 1. The Kier molecular flexibility index (Phi) is 5.79. The van der Waals surface area contributed by atoms with Gasteiger partial charge in [0.25, 0.3) is 0 Å². The molecule has 156 valence electrons. The average Bonchev–Trinajstić information content (AvgIpc) is 2.76. The molecule has 7 heteroatoms. The summed E-state index contributed by atoms with van der Waals surface area (Å²) in [7, 11) is 0. The van der Waals surface area contributed by atoms with E-state index in [1.54, 1.807) is 12.1 Å². The summed E-state index contributed by atoms with van der Waals surface area (Å²) in [5, 5.41) is 20.2. The lowest BCUT2D eigenvalue weighted by atomic mass is 9.57. The topological polar surface area (TPSA) is 66.8 Å². The van der Waals surface area contributed by atoms with Crippen molar-refractivity contribution in [2.45, 2.75) is 69.1 Å². The van der Waals surface area contributed by atoms with E-state index in [0.29, 0.717) is 19.3 Å². The van der Waals surface area contributed by atoms with Gasteiger partial charge < -0.3 is 14.9 Å². The zero-order chi connectivity index (χ0) is 20.6. The van der Waals surface area contributed by atoms with Gasteiger partial charge >= 0.3 is 12.1 Å². The minimum absolute atomic E-state index is 0.127. The molecule has 0 spiro atoms. The molecule has 2 N–H and O–H groups in total. The molecule has 1 aromatic carbocycles. The average molecular weight is 400 g/mol. The summed E-state index contributed by atoms with van der Waals surface area (Å²) >= 11 is 0. The fourth-order valence-corrected chi connectivity index (χ4v) is 5.25. The second-order valence-electron chi connectivity index (χ2n) is 8.31. The molecule has 0 amide bonds. The molecule has 0 saturated heterocycles. The zero-order valence-corrected chi connectivity index (χ0v) is 16.0. The smallest absolute Gasteiger partial charge is 0.411 e. The van der Waals surface area contributed by atoms with Gasteiger partial charge in [-0.15, -0.1) is 0 Å². The predicted octanol–water partition coefficient (Wildman–Crippen LogP) is 4.48. The maximum Gasteiger partial charge on any atom is 0.411 e. The molecule has 1 fully saturated rings. The monoisotopic (exact) mass is 400 g/mol. The first-order valence-electron chi connectivity index (χ1n) is 9.82. The van der Waals surface area contributed by atoms with Crippen LogP contribution in [-0.2, 0) is 16.6 Å². The van der Waals surface area contributed by atoms with Crippen LogP contribution < -0.4 is 0 Å². The van der Waals surface area contributed by atoms with Crippen molar-refractivity contribution in [3.8, 4) is 0 Å². The van der Waals surface area contributed by atoms with Crippen molar-refractivity contribution in [1.29, 1.82) is 0 Å². The third-order valence-electron chi connectivity index (χ3n) is 6.60. The van der Waals surface area contributed by atoms with E-state index in [4.69, 9.17) is 4.74 Å². The molecular weight excluding hydrogens is 373 g/mol. The van der Waals surface area contributed by atoms with Crippen LogP contribution in [0.2, 0.25) is 0 Å². The van der Waals surface area contributed by atoms with E-state index in [2.05, 4.69) is 6.92 Å². The van der Waals surface area contributed by atoms with Gasteiger partial charge in [-0.1, -0.05) is 13.0 Å². The van der Waals surface area contributed by atoms with Gasteiger partial charge in [-0.25, -0.2) is 4.79 Å². The normalized spacial score (nSPS) is 30.2. The summed E-state index contributed by atoms with van der Waals surface area (Å²) in [6, 6.07) is 5.30. The molecule has 0 aliphatic heterocycles. The zero-order valence-electron chi connectivity index (χ0n) is 16.0. The van der Waals surface area contributed by atoms with Crippen molar-refractivity contribution in [1.82, 2.24) is 0 Å². The van der Waals surface area contributed by atoms with Gasteiger partial charge in [-0.3, -0.25) is 0 Å². The molecule has 2 aliphatic carbocycles. The van der Waals surface area contributed by atoms with Crippen LogP contribution in [0.15, 0.2) is 18.2 Å². The quantitative estimate of drug-likeness (QED) is 0.765. The molecule has 28 heavy (non-hydrogen) atoms. The number of ether oxygens (including phenoxy) is 1. The van der Waals surface area contributed by atoms with Crippen LogP contribution in [0, 0.1) is 5.92 Å². The number of hydrogen-bond donors (Lipinski definition) is 2. The lowest BCUT2D eigenvalue weighted by molar-refractivity contribution is -0.192. The van der Waals surface area contributed by atoms with Gasteiger partial charge in [0.2, 0.25) is 0 Å². The van der Waals surface area contributed by atoms with E-state index in [9.17, 15) is 28.2 Å². The van der Waals surface area contributed by atoms with Crippen molar-refractivity contribution in [3.63, 3.8) is 0 Å². The number of fused-ring (bicyclic) bond motifs is 3. The Morgan fingerprint density at radius 3 is 2.71 bits per heavy atom. The highest BCUT2D eigenvalue weighted by Crippen LogP contribution is 2.53. The molecular formula is C21H27F3O4. The highest BCUT2D eigenvalue weighted by molar-refractivity contribution is 5.88. The summed E-state index contributed by atoms with van der Waals surface area (Å²) in [4.78, 5) is 11.3. The fraction of sp³-hybridized carbons (Fsp3) is 0.667. The molecule has 3 atom stereocenters. The van der Waals surface area contributed by atoms with E-state index >= 15 is 0 Å². The van der Waals surface area contributed by atoms with Gasteiger partial charge in [0.05, 0.1) is 17.8 Å². The van der Waals surface area contributed by atoms with Crippen LogP contribution >= 0.6 is 0 Å². The standard InChI is InChI=1S/C21H27F3O4/c1-2-20-9-8-19(27,12-28-13-21(22,23)24)11-16(20)5-3-4-14-10-15(18(25)26)6-7-17(14)20/h6-7,10,16,27H,2-5,8-9,11-13H2,1H3,(H,25,26)/t16-,19+,20+/m0/s1. The summed E-state index contributed by atoms with van der Waals surface area (Å²) in [5.74, 6) is -0.823. The van der Waals surface area contributed by atoms with Crippen molar-refractivity contribution in [3.05, 3.63) is 34.9 Å². The number of carboxylic acids is 1. The highest BCUT2D eigenvalue weighted by atomic mass is 19.4. The van der Waals surface area contributed by atoms with Crippen molar-refractivity contribution >= 4 is 5.97 Å². The van der Waals surface area contributed by atoms with E-state index in [-0.39, 0.29) is 23.5 Å². The van der Waals surface area contributed by atoms with Gasteiger partial charge in [-0.2, -0.15) is 13.2 Å². The molecule has 0 bridgehead atoms. The number of aromatic carboxylic acids is 1. The number of aliphatic hydroxyl groups is 1. The highest BCUT2D eigenvalue weighted by Gasteiger charge is 2.50. The van der Waals surface area contributed by atoms with E-state index in [0.717, 1.165) is 36.8 Å². The van der Waals surface area contributed by atoms with E-state index in [1.165, 1.54) is 0 Å². The molecule has 3 rings (SSSR count). The molecule has 0 heterocycles. The lowest BCUT2D eigenvalue weighted by Gasteiger charge is -2.50. The number of hydrogen-bond acceptors (Lipinski definition) is 3. The third-order valence-corrected chi connectivity index (χ3v) is 6.60. The maximum absolute atomic E-state index is 12.4. The molecule has 4 nitrogen and oxygen atoms in total. The molecule has 1 aromatic rings. The number of rotatable bonds is 5. The second kappa shape index (κ2) is 7.67. The van der Waals surface area contributed by atoms with Gasteiger partial charge in [0, 0.05) is 0 Å². The maximum atomic E-state index is 12.4. The summed E-state index contributed by atoms with van der Waals surface area (Å²) in [5.41, 5.74) is 1.03. The number of aryl methyl sites for hydroxylation is 1. The minimum atomic E-state index is -4.40. The molecule has 0 radical (unpaired) electrons. The largest absolute Gasteiger partial charge is 0.478 e. The van der Waals surface area contributed by atoms with Crippen LogP contribution in [0.5, 0.6) is 0 Å². The Hall–Kier alpha value is -1.60. The van der Waals surface area contributed by atoms with Crippen LogP contribution in [0.25, 0.3) is 0 Å². The Bertz CT molecular complexity index is 733. The first-order valence-corrected chi connectivity index (χ1v) is 9.82. The molecule has 1 saturated carbocycles. The number of alkyl halides is 3. The van der Waals surface area contributed by atoms with Gasteiger partial charge in [0.1, 0.15) is 6.61 Å². The summed E-state index contributed by atoms with van der Waals surface area (Å²) in [6.07, 6.45) is 0.359. The fourth-order valence-electron chi connectivity index (χ4n) is 5.25. The Morgan fingerprint density at radius 2 is 2.07 bits per heavy atom. The number of halogens is 3. The Labute approximate surface area is 162 Å². The van der Waals surface area contributed by atoms with Crippen LogP contribution in [0.4, 0.5) is 13.2 Å². The molecule has 0 unspecified atom stereocenters. The second-order valence-corrected chi connectivity index (χ2v) is 8.31. The van der Waals surface area contributed by atoms with Crippen molar-refractivity contribution in [2.24, 2.45) is 5.92 Å². The predicted molar refractivity (Wildman–Crippen MR) is 97.5 cm³/mol. The van der Waals surface area contributed by atoms with E-state index in [1.807, 2.05) is 6.07 Å². The minimum Gasteiger partial charge on any atom is -0.478 e.